The van der Waals surface area contributed by atoms with Crippen molar-refractivity contribution in [3.63, 3.8) is 0 Å². The number of benzene rings is 1. The predicted octanol–water partition coefficient (Wildman–Crippen LogP) is 2.36. The Balaban J connectivity index is 1.41. The summed E-state index contributed by atoms with van der Waals surface area (Å²) in [5.41, 5.74) is 1.78. The van der Waals surface area contributed by atoms with Crippen molar-refractivity contribution in [2.45, 2.75) is 50.7 Å². The van der Waals surface area contributed by atoms with Crippen LogP contribution in [0.1, 0.15) is 52.2 Å². The molecule has 2 bridgehead atoms. The van der Waals surface area contributed by atoms with E-state index in [1.54, 1.807) is 13.3 Å². The molecule has 3 heterocycles. The lowest BCUT2D eigenvalue weighted by atomic mass is 9.96. The molecule has 2 fully saturated rings. The van der Waals surface area contributed by atoms with Gasteiger partial charge in [0.25, 0.3) is 11.8 Å². The van der Waals surface area contributed by atoms with Crippen LogP contribution in [0.5, 0.6) is 5.75 Å². The average Bonchev–Trinajstić information content (AvgIpc) is 2.98. The van der Waals surface area contributed by atoms with E-state index in [2.05, 4.69) is 15.3 Å². The lowest BCUT2D eigenvalue weighted by molar-refractivity contribution is 0.0549. The van der Waals surface area contributed by atoms with Crippen LogP contribution in [0.15, 0.2) is 36.7 Å². The maximum atomic E-state index is 13.0. The number of amides is 2. The number of hydrogen-bond donors (Lipinski definition) is 1. The second-order valence-corrected chi connectivity index (χ2v) is 7.51. The van der Waals surface area contributed by atoms with Crippen LogP contribution < -0.4 is 10.1 Å². The van der Waals surface area contributed by atoms with Crippen LogP contribution in [0.2, 0.25) is 0 Å². The van der Waals surface area contributed by atoms with E-state index in [0.717, 1.165) is 37.1 Å². The Hall–Kier alpha value is -2.96. The van der Waals surface area contributed by atoms with Gasteiger partial charge in [-0.1, -0.05) is 0 Å². The molecule has 146 valence electrons. The first-order valence-corrected chi connectivity index (χ1v) is 9.61. The molecule has 28 heavy (non-hydrogen) atoms. The van der Waals surface area contributed by atoms with Crippen LogP contribution >= 0.6 is 0 Å². The highest BCUT2D eigenvalue weighted by atomic mass is 16.5. The minimum atomic E-state index is -0.202. The number of piperidine rings is 1. The van der Waals surface area contributed by atoms with E-state index in [-0.39, 0.29) is 29.9 Å². The van der Waals surface area contributed by atoms with Crippen molar-refractivity contribution in [1.29, 1.82) is 0 Å². The highest BCUT2D eigenvalue weighted by Gasteiger charge is 2.43. The third kappa shape index (κ3) is 3.56. The Labute approximate surface area is 164 Å². The highest BCUT2D eigenvalue weighted by molar-refractivity contribution is 5.95. The zero-order valence-electron chi connectivity index (χ0n) is 16.1. The van der Waals surface area contributed by atoms with Crippen LogP contribution in [-0.4, -0.2) is 51.9 Å². The summed E-state index contributed by atoms with van der Waals surface area (Å²) >= 11 is 0. The molecule has 4 rings (SSSR count). The molecule has 2 aromatic rings. The summed E-state index contributed by atoms with van der Waals surface area (Å²) in [4.78, 5) is 35.8. The lowest BCUT2D eigenvalue weighted by Gasteiger charge is -2.39. The van der Waals surface area contributed by atoms with Gasteiger partial charge >= 0.3 is 0 Å². The molecular formula is C21H24N4O3. The molecule has 3 atom stereocenters. The molecule has 0 saturated carbocycles. The molecular weight excluding hydrogens is 356 g/mol. The summed E-state index contributed by atoms with van der Waals surface area (Å²) in [5, 5.41) is 3.07. The first-order valence-electron chi connectivity index (χ1n) is 9.61. The van der Waals surface area contributed by atoms with Gasteiger partial charge in [0, 0.05) is 29.9 Å². The SMILES string of the molecule is COc1ccc(C(=O)N2[C@@H]3CC[C@H]2CC(NC(=O)c2cnc(C)cn2)C3)cc1. The van der Waals surface area contributed by atoms with E-state index < -0.39 is 0 Å². The number of nitrogens with one attached hydrogen (secondary N) is 1. The normalized spacial score (nSPS) is 23.4. The van der Waals surface area contributed by atoms with E-state index >= 15 is 0 Å². The van der Waals surface area contributed by atoms with Gasteiger partial charge in [-0.3, -0.25) is 14.6 Å². The zero-order chi connectivity index (χ0) is 19.7. The van der Waals surface area contributed by atoms with E-state index in [9.17, 15) is 9.59 Å². The van der Waals surface area contributed by atoms with Gasteiger partial charge in [0.2, 0.25) is 0 Å². The number of ether oxygens (including phenoxy) is 1. The zero-order valence-corrected chi connectivity index (χ0v) is 16.1. The fourth-order valence-corrected chi connectivity index (χ4v) is 4.28. The molecule has 2 saturated heterocycles. The minimum absolute atomic E-state index is 0.0491. The number of aromatic nitrogens is 2. The van der Waals surface area contributed by atoms with Crippen LogP contribution in [0, 0.1) is 6.92 Å². The van der Waals surface area contributed by atoms with Gasteiger partial charge in [0.1, 0.15) is 11.4 Å². The van der Waals surface area contributed by atoms with Crippen molar-refractivity contribution < 1.29 is 14.3 Å². The molecule has 7 nitrogen and oxygen atoms in total. The molecule has 0 spiro atoms. The van der Waals surface area contributed by atoms with Crippen molar-refractivity contribution in [3.05, 3.63) is 53.6 Å². The molecule has 7 heteroatoms. The molecule has 0 aliphatic carbocycles. The van der Waals surface area contributed by atoms with Crippen molar-refractivity contribution in [3.8, 4) is 5.75 Å². The summed E-state index contributed by atoms with van der Waals surface area (Å²) in [6, 6.07) is 7.60. The third-order valence-electron chi connectivity index (χ3n) is 5.65. The Bertz CT molecular complexity index is 852. The van der Waals surface area contributed by atoms with Gasteiger partial charge in [-0.2, -0.15) is 0 Å². The van der Waals surface area contributed by atoms with Crippen LogP contribution in [0.25, 0.3) is 0 Å². The van der Waals surface area contributed by atoms with Gasteiger partial charge in [-0.05, 0) is 56.9 Å². The molecule has 1 N–H and O–H groups in total. The first kappa shape index (κ1) is 18.4. The monoisotopic (exact) mass is 380 g/mol. The Kier molecular flexibility index (Phi) is 4.98. The van der Waals surface area contributed by atoms with Crippen molar-refractivity contribution >= 4 is 11.8 Å². The number of methoxy groups -OCH3 is 1. The van der Waals surface area contributed by atoms with Crippen molar-refractivity contribution in [2.24, 2.45) is 0 Å². The van der Waals surface area contributed by atoms with E-state index in [4.69, 9.17) is 4.74 Å². The fourth-order valence-electron chi connectivity index (χ4n) is 4.28. The number of carbonyl (C=O) groups excluding carboxylic acids is 2. The van der Waals surface area contributed by atoms with E-state index in [1.807, 2.05) is 36.1 Å². The molecule has 2 amide bonds. The largest absolute Gasteiger partial charge is 0.497 e. The smallest absolute Gasteiger partial charge is 0.271 e. The van der Waals surface area contributed by atoms with Gasteiger partial charge in [0.15, 0.2) is 0 Å². The first-order chi connectivity index (χ1) is 13.5. The number of fused-ring (bicyclic) bond motifs is 2. The topological polar surface area (TPSA) is 84.4 Å². The average molecular weight is 380 g/mol. The van der Waals surface area contributed by atoms with E-state index in [1.165, 1.54) is 6.20 Å². The van der Waals surface area contributed by atoms with Crippen molar-refractivity contribution in [1.82, 2.24) is 20.2 Å². The number of nitrogens with zero attached hydrogens (tertiary/aromatic N) is 3. The lowest BCUT2D eigenvalue weighted by Crippen LogP contribution is -2.52. The van der Waals surface area contributed by atoms with Gasteiger partial charge in [0.05, 0.1) is 19.0 Å². The molecule has 0 radical (unpaired) electrons. The molecule has 1 aromatic heterocycles. The maximum absolute atomic E-state index is 13.0. The van der Waals surface area contributed by atoms with Crippen molar-refractivity contribution in [2.75, 3.05) is 7.11 Å². The molecule has 2 aliphatic rings. The summed E-state index contributed by atoms with van der Waals surface area (Å²) < 4.78 is 5.17. The summed E-state index contributed by atoms with van der Waals surface area (Å²) in [6.07, 6.45) is 6.58. The van der Waals surface area contributed by atoms with Crippen LogP contribution in [0.4, 0.5) is 0 Å². The predicted molar refractivity (Wildman–Crippen MR) is 103 cm³/mol. The van der Waals surface area contributed by atoms with Gasteiger partial charge in [-0.15, -0.1) is 0 Å². The van der Waals surface area contributed by atoms with E-state index in [0.29, 0.717) is 11.3 Å². The quantitative estimate of drug-likeness (QED) is 0.880. The molecule has 1 unspecified atom stereocenters. The second-order valence-electron chi connectivity index (χ2n) is 7.51. The Morgan fingerprint density at radius 3 is 2.32 bits per heavy atom. The number of rotatable bonds is 4. The minimum Gasteiger partial charge on any atom is -0.497 e. The number of carbonyl (C=O) groups is 2. The van der Waals surface area contributed by atoms with Crippen LogP contribution in [-0.2, 0) is 0 Å². The summed E-state index contributed by atoms with van der Waals surface area (Å²) in [6.45, 7) is 1.84. The maximum Gasteiger partial charge on any atom is 0.271 e. The highest BCUT2D eigenvalue weighted by Crippen LogP contribution is 2.37. The molecule has 1 aromatic carbocycles. The second kappa shape index (κ2) is 7.58. The third-order valence-corrected chi connectivity index (χ3v) is 5.65. The van der Waals surface area contributed by atoms with Gasteiger partial charge in [-0.25, -0.2) is 4.98 Å². The molecule has 2 aliphatic heterocycles. The summed E-state index contributed by atoms with van der Waals surface area (Å²) in [5.74, 6) is 0.594. The Morgan fingerprint density at radius 2 is 1.75 bits per heavy atom. The van der Waals surface area contributed by atoms with Gasteiger partial charge < -0.3 is 15.0 Å². The number of hydrogen-bond acceptors (Lipinski definition) is 5. The Morgan fingerprint density at radius 1 is 1.07 bits per heavy atom. The summed E-state index contributed by atoms with van der Waals surface area (Å²) in [7, 11) is 1.61. The standard InChI is InChI=1S/C21H24N4O3/c1-13-11-23-19(12-22-13)20(26)24-15-9-16-5-6-17(10-15)25(16)21(27)14-3-7-18(28-2)8-4-14/h3-4,7-8,11-12,15-17H,5-6,9-10H2,1-2H3,(H,24,26)/t15?,16-,17+. The fraction of sp³-hybridized carbons (Fsp3) is 0.429. The van der Waals surface area contributed by atoms with Crippen LogP contribution in [0.3, 0.4) is 0 Å². The number of aryl methyl sites for hydroxylation is 1.